The molecule has 1 amide bonds. The van der Waals surface area contributed by atoms with E-state index in [1.807, 2.05) is 53.2 Å². The SMILES string of the molecule is O=C1CCSC(c2cccnc2)N1Cc1ccccc1. The van der Waals surface area contributed by atoms with Crippen molar-refractivity contribution < 1.29 is 4.79 Å². The lowest BCUT2D eigenvalue weighted by Gasteiger charge is -2.35. The number of pyridine rings is 1. The van der Waals surface area contributed by atoms with E-state index in [1.165, 1.54) is 0 Å². The van der Waals surface area contributed by atoms with Crippen LogP contribution in [0, 0.1) is 0 Å². The van der Waals surface area contributed by atoms with Gasteiger partial charge in [-0.25, -0.2) is 0 Å². The van der Waals surface area contributed by atoms with Crippen LogP contribution in [0.1, 0.15) is 22.9 Å². The van der Waals surface area contributed by atoms with E-state index in [0.717, 1.165) is 16.9 Å². The first kappa shape index (κ1) is 13.2. The van der Waals surface area contributed by atoms with Crippen LogP contribution in [0.25, 0.3) is 0 Å². The topological polar surface area (TPSA) is 33.2 Å². The van der Waals surface area contributed by atoms with E-state index >= 15 is 0 Å². The molecule has 3 rings (SSSR count). The monoisotopic (exact) mass is 284 g/mol. The Morgan fingerprint density at radius 1 is 1.20 bits per heavy atom. The third-order valence-electron chi connectivity index (χ3n) is 3.36. The Hall–Kier alpha value is -1.81. The predicted molar refractivity (Wildman–Crippen MR) is 81.0 cm³/mol. The van der Waals surface area contributed by atoms with Crippen LogP contribution in [0.2, 0.25) is 0 Å². The summed E-state index contributed by atoms with van der Waals surface area (Å²) >= 11 is 1.81. The van der Waals surface area contributed by atoms with Gasteiger partial charge in [0.2, 0.25) is 5.91 Å². The third-order valence-corrected chi connectivity index (χ3v) is 4.64. The number of carbonyl (C=O) groups excluding carboxylic acids is 1. The van der Waals surface area contributed by atoms with E-state index in [1.54, 1.807) is 6.20 Å². The average molecular weight is 284 g/mol. The lowest BCUT2D eigenvalue weighted by molar-refractivity contribution is -0.132. The van der Waals surface area contributed by atoms with Crippen molar-refractivity contribution in [3.05, 3.63) is 66.0 Å². The van der Waals surface area contributed by atoms with Gasteiger partial charge >= 0.3 is 0 Å². The molecule has 1 unspecified atom stereocenters. The van der Waals surface area contributed by atoms with Crippen LogP contribution >= 0.6 is 11.8 Å². The molecule has 102 valence electrons. The van der Waals surface area contributed by atoms with Gasteiger partial charge in [-0.2, -0.15) is 0 Å². The maximum atomic E-state index is 12.3. The molecule has 0 bridgehead atoms. The van der Waals surface area contributed by atoms with Gasteiger partial charge in [0.1, 0.15) is 5.37 Å². The van der Waals surface area contributed by atoms with Crippen molar-refractivity contribution in [3.8, 4) is 0 Å². The minimum atomic E-state index is 0.0742. The fourth-order valence-corrected chi connectivity index (χ4v) is 3.59. The molecule has 1 saturated heterocycles. The number of rotatable bonds is 3. The van der Waals surface area contributed by atoms with Gasteiger partial charge in [-0.05, 0) is 11.6 Å². The van der Waals surface area contributed by atoms with Crippen LogP contribution in [0.4, 0.5) is 0 Å². The molecule has 1 aromatic carbocycles. The molecule has 0 aliphatic carbocycles. The molecule has 2 aromatic rings. The largest absolute Gasteiger partial charge is 0.322 e. The Balaban J connectivity index is 1.86. The smallest absolute Gasteiger partial charge is 0.224 e. The first-order chi connectivity index (χ1) is 9.84. The summed E-state index contributed by atoms with van der Waals surface area (Å²) in [6, 6.07) is 14.1. The Bertz CT molecular complexity index is 574. The number of hydrogen-bond donors (Lipinski definition) is 0. The second-order valence-electron chi connectivity index (χ2n) is 4.77. The van der Waals surface area contributed by atoms with Crippen LogP contribution in [0.5, 0.6) is 0 Å². The molecule has 20 heavy (non-hydrogen) atoms. The second kappa shape index (κ2) is 6.09. The molecule has 4 heteroatoms. The molecule has 0 spiro atoms. The Morgan fingerprint density at radius 3 is 2.80 bits per heavy atom. The van der Waals surface area contributed by atoms with Gasteiger partial charge in [-0.3, -0.25) is 9.78 Å². The van der Waals surface area contributed by atoms with Crippen LogP contribution in [-0.4, -0.2) is 21.5 Å². The van der Waals surface area contributed by atoms with E-state index in [0.29, 0.717) is 13.0 Å². The number of carbonyl (C=O) groups is 1. The van der Waals surface area contributed by atoms with Gasteiger partial charge in [0.05, 0.1) is 0 Å². The van der Waals surface area contributed by atoms with Crippen LogP contribution in [-0.2, 0) is 11.3 Å². The molecule has 1 aromatic heterocycles. The van der Waals surface area contributed by atoms with E-state index in [2.05, 4.69) is 17.1 Å². The Kier molecular flexibility index (Phi) is 4.02. The van der Waals surface area contributed by atoms with Crippen molar-refractivity contribution in [1.82, 2.24) is 9.88 Å². The zero-order valence-electron chi connectivity index (χ0n) is 11.1. The van der Waals surface area contributed by atoms with Crippen molar-refractivity contribution in [2.45, 2.75) is 18.3 Å². The van der Waals surface area contributed by atoms with Crippen molar-refractivity contribution in [2.24, 2.45) is 0 Å². The number of nitrogens with zero attached hydrogens (tertiary/aromatic N) is 2. The second-order valence-corrected chi connectivity index (χ2v) is 5.95. The van der Waals surface area contributed by atoms with Crippen molar-refractivity contribution in [3.63, 3.8) is 0 Å². The summed E-state index contributed by atoms with van der Waals surface area (Å²) in [5.74, 6) is 1.10. The summed E-state index contributed by atoms with van der Waals surface area (Å²) in [5.41, 5.74) is 2.26. The third kappa shape index (κ3) is 2.85. The van der Waals surface area contributed by atoms with Gasteiger partial charge < -0.3 is 4.90 Å². The van der Waals surface area contributed by atoms with Crippen LogP contribution < -0.4 is 0 Å². The number of hydrogen-bond acceptors (Lipinski definition) is 3. The predicted octanol–water partition coefficient (Wildman–Crippen LogP) is 3.25. The standard InChI is InChI=1S/C16H16N2OS/c19-15-8-10-20-16(14-7-4-9-17-11-14)18(15)12-13-5-2-1-3-6-13/h1-7,9,11,16H,8,10,12H2. The summed E-state index contributed by atoms with van der Waals surface area (Å²) in [7, 11) is 0. The Labute approximate surface area is 123 Å². The zero-order chi connectivity index (χ0) is 13.8. The van der Waals surface area contributed by atoms with Crippen molar-refractivity contribution in [2.75, 3.05) is 5.75 Å². The highest BCUT2D eigenvalue weighted by atomic mass is 32.2. The molecular weight excluding hydrogens is 268 g/mol. The molecule has 0 radical (unpaired) electrons. The van der Waals surface area contributed by atoms with Crippen molar-refractivity contribution in [1.29, 1.82) is 0 Å². The average Bonchev–Trinajstić information content (AvgIpc) is 2.51. The van der Waals surface area contributed by atoms with Gasteiger partial charge in [0, 0.05) is 36.7 Å². The first-order valence-corrected chi connectivity index (χ1v) is 7.74. The number of aromatic nitrogens is 1. The van der Waals surface area contributed by atoms with Gasteiger partial charge in [0.15, 0.2) is 0 Å². The highest BCUT2D eigenvalue weighted by molar-refractivity contribution is 7.99. The zero-order valence-corrected chi connectivity index (χ0v) is 11.9. The molecule has 0 N–H and O–H groups in total. The molecule has 0 saturated carbocycles. The summed E-state index contributed by atoms with van der Waals surface area (Å²) in [6.07, 6.45) is 4.24. The summed E-state index contributed by atoms with van der Waals surface area (Å²) in [5, 5.41) is 0.0742. The summed E-state index contributed by atoms with van der Waals surface area (Å²) in [6.45, 7) is 0.659. The van der Waals surface area contributed by atoms with Gasteiger partial charge in [-0.15, -0.1) is 11.8 Å². The normalized spacial score (nSPS) is 19.1. The summed E-state index contributed by atoms with van der Waals surface area (Å²) < 4.78 is 0. The highest BCUT2D eigenvalue weighted by Gasteiger charge is 2.29. The maximum Gasteiger partial charge on any atom is 0.224 e. The fourth-order valence-electron chi connectivity index (χ4n) is 2.37. The maximum absolute atomic E-state index is 12.3. The van der Waals surface area contributed by atoms with Crippen LogP contribution in [0.15, 0.2) is 54.9 Å². The minimum Gasteiger partial charge on any atom is -0.322 e. The molecule has 2 heterocycles. The minimum absolute atomic E-state index is 0.0742. The first-order valence-electron chi connectivity index (χ1n) is 6.69. The van der Waals surface area contributed by atoms with E-state index in [4.69, 9.17) is 0 Å². The van der Waals surface area contributed by atoms with E-state index in [-0.39, 0.29) is 11.3 Å². The lowest BCUT2D eigenvalue weighted by Crippen LogP contribution is -2.36. The Morgan fingerprint density at radius 2 is 2.05 bits per heavy atom. The number of benzene rings is 1. The van der Waals surface area contributed by atoms with Gasteiger partial charge in [-0.1, -0.05) is 36.4 Å². The quantitative estimate of drug-likeness (QED) is 0.867. The lowest BCUT2D eigenvalue weighted by atomic mass is 10.1. The van der Waals surface area contributed by atoms with Crippen molar-refractivity contribution >= 4 is 17.7 Å². The molecular formula is C16H16N2OS. The number of amides is 1. The highest BCUT2D eigenvalue weighted by Crippen LogP contribution is 2.37. The molecule has 1 aliphatic rings. The summed E-state index contributed by atoms with van der Waals surface area (Å²) in [4.78, 5) is 18.4. The molecule has 1 aliphatic heterocycles. The van der Waals surface area contributed by atoms with E-state index < -0.39 is 0 Å². The van der Waals surface area contributed by atoms with E-state index in [9.17, 15) is 4.79 Å². The van der Waals surface area contributed by atoms with Gasteiger partial charge in [0.25, 0.3) is 0 Å². The molecule has 1 fully saturated rings. The van der Waals surface area contributed by atoms with Crippen LogP contribution in [0.3, 0.4) is 0 Å². The molecule has 1 atom stereocenters. The fraction of sp³-hybridized carbons (Fsp3) is 0.250. The number of thioether (sulfide) groups is 1. The molecule has 3 nitrogen and oxygen atoms in total.